The Labute approximate surface area is 200 Å². The number of rotatable bonds is 9. The first-order valence-electron chi connectivity index (χ1n) is 11.7. The van der Waals surface area contributed by atoms with Crippen molar-refractivity contribution in [1.82, 2.24) is 0 Å². The van der Waals surface area contributed by atoms with Gasteiger partial charge >= 0.3 is 5.97 Å². The van der Waals surface area contributed by atoms with Crippen molar-refractivity contribution >= 4 is 16.9 Å². The quantitative estimate of drug-likeness (QED) is 0.296. The minimum Gasteiger partial charge on any atom is -0.489 e. The van der Waals surface area contributed by atoms with Gasteiger partial charge in [-0.1, -0.05) is 44.2 Å². The summed E-state index contributed by atoms with van der Waals surface area (Å²) in [6.07, 6.45) is 1.88. The SMILES string of the molecule is CCOC(=O)Cc1ccc(C(C)C)cc1OCc1cc(-c2cccc(CN)c2)c2occc2c1. The third-order valence-corrected chi connectivity index (χ3v) is 5.88. The molecule has 0 atom stereocenters. The van der Waals surface area contributed by atoms with Crippen molar-refractivity contribution in [2.24, 2.45) is 5.73 Å². The standard InChI is InChI=1S/C29H31NO4/c1-4-32-28(31)16-24-9-8-22(19(2)3)15-27(24)34-18-21-13-25-10-11-33-29(25)26(14-21)23-7-5-6-20(12-23)17-30/h5-15,19H,4,16-18,30H2,1-3H3. The number of ether oxygens (including phenoxy) is 2. The highest BCUT2D eigenvalue weighted by molar-refractivity contribution is 5.93. The van der Waals surface area contributed by atoms with Crippen LogP contribution in [0.25, 0.3) is 22.1 Å². The van der Waals surface area contributed by atoms with Crippen LogP contribution in [0, 0.1) is 0 Å². The molecule has 5 heteroatoms. The Morgan fingerprint density at radius 3 is 2.65 bits per heavy atom. The summed E-state index contributed by atoms with van der Waals surface area (Å²) in [6, 6.07) is 20.3. The van der Waals surface area contributed by atoms with Crippen LogP contribution in [0.15, 0.2) is 71.3 Å². The van der Waals surface area contributed by atoms with Gasteiger partial charge in [-0.05, 0) is 65.4 Å². The highest BCUT2D eigenvalue weighted by atomic mass is 16.5. The van der Waals surface area contributed by atoms with E-state index in [0.29, 0.717) is 31.4 Å². The molecular weight excluding hydrogens is 426 g/mol. The molecule has 2 N–H and O–H groups in total. The molecule has 4 rings (SSSR count). The van der Waals surface area contributed by atoms with E-state index in [1.165, 1.54) is 0 Å². The van der Waals surface area contributed by atoms with E-state index in [1.54, 1.807) is 6.26 Å². The molecule has 34 heavy (non-hydrogen) atoms. The van der Waals surface area contributed by atoms with Gasteiger partial charge in [-0.25, -0.2) is 0 Å². The molecule has 0 aliphatic rings. The molecule has 3 aromatic carbocycles. The van der Waals surface area contributed by atoms with Crippen molar-refractivity contribution in [3.8, 4) is 16.9 Å². The third-order valence-electron chi connectivity index (χ3n) is 5.88. The fourth-order valence-electron chi connectivity index (χ4n) is 4.05. The Balaban J connectivity index is 1.66. The van der Waals surface area contributed by atoms with Crippen molar-refractivity contribution in [2.45, 2.75) is 46.3 Å². The van der Waals surface area contributed by atoms with Gasteiger partial charge < -0.3 is 19.6 Å². The van der Waals surface area contributed by atoms with Crippen molar-refractivity contribution in [3.05, 3.63) is 89.2 Å². The van der Waals surface area contributed by atoms with Gasteiger partial charge in [0.05, 0.1) is 19.3 Å². The van der Waals surface area contributed by atoms with Crippen LogP contribution in [0.2, 0.25) is 0 Å². The topological polar surface area (TPSA) is 74.7 Å². The second-order valence-corrected chi connectivity index (χ2v) is 8.68. The number of furan rings is 1. The molecule has 0 saturated heterocycles. The van der Waals surface area contributed by atoms with Crippen LogP contribution in [0.4, 0.5) is 0 Å². The summed E-state index contributed by atoms with van der Waals surface area (Å²) in [5, 5.41) is 1.01. The number of carbonyl (C=O) groups excluding carboxylic acids is 1. The predicted octanol–water partition coefficient (Wildman–Crippen LogP) is 6.37. The lowest BCUT2D eigenvalue weighted by molar-refractivity contribution is -0.142. The minimum atomic E-state index is -0.258. The Morgan fingerprint density at radius 1 is 1.03 bits per heavy atom. The molecule has 0 radical (unpaired) electrons. The van der Waals surface area contributed by atoms with Crippen molar-refractivity contribution in [3.63, 3.8) is 0 Å². The first-order chi connectivity index (χ1) is 16.5. The molecule has 1 heterocycles. The van der Waals surface area contributed by atoms with E-state index in [9.17, 15) is 4.79 Å². The van der Waals surface area contributed by atoms with Gasteiger partial charge in [0.2, 0.25) is 0 Å². The van der Waals surface area contributed by atoms with E-state index in [4.69, 9.17) is 19.6 Å². The van der Waals surface area contributed by atoms with Gasteiger partial charge in [-0.15, -0.1) is 0 Å². The van der Waals surface area contributed by atoms with Gasteiger partial charge in [-0.2, -0.15) is 0 Å². The monoisotopic (exact) mass is 457 g/mol. The van der Waals surface area contributed by atoms with E-state index < -0.39 is 0 Å². The van der Waals surface area contributed by atoms with Crippen LogP contribution in [-0.4, -0.2) is 12.6 Å². The van der Waals surface area contributed by atoms with Crippen molar-refractivity contribution < 1.29 is 18.7 Å². The lowest BCUT2D eigenvalue weighted by Gasteiger charge is -2.15. The second-order valence-electron chi connectivity index (χ2n) is 8.68. The zero-order chi connectivity index (χ0) is 24.1. The van der Waals surface area contributed by atoms with Crippen LogP contribution in [0.1, 0.15) is 48.9 Å². The van der Waals surface area contributed by atoms with Crippen molar-refractivity contribution in [1.29, 1.82) is 0 Å². The number of hydrogen-bond donors (Lipinski definition) is 1. The molecule has 0 spiro atoms. The normalized spacial score (nSPS) is 11.2. The van der Waals surface area contributed by atoms with Crippen LogP contribution in [0.3, 0.4) is 0 Å². The lowest BCUT2D eigenvalue weighted by atomic mass is 9.98. The molecular formula is C29H31NO4. The van der Waals surface area contributed by atoms with Gasteiger partial charge in [0.1, 0.15) is 17.9 Å². The first-order valence-corrected chi connectivity index (χ1v) is 11.7. The largest absolute Gasteiger partial charge is 0.489 e. The van der Waals surface area contributed by atoms with Gasteiger partial charge in [0.15, 0.2) is 0 Å². The van der Waals surface area contributed by atoms with Gasteiger partial charge in [0, 0.05) is 23.1 Å². The number of esters is 1. The van der Waals surface area contributed by atoms with Crippen LogP contribution >= 0.6 is 0 Å². The van der Waals surface area contributed by atoms with E-state index >= 15 is 0 Å². The zero-order valence-electron chi connectivity index (χ0n) is 20.0. The third kappa shape index (κ3) is 5.32. The van der Waals surface area contributed by atoms with Crippen LogP contribution in [-0.2, 0) is 29.1 Å². The zero-order valence-corrected chi connectivity index (χ0v) is 20.0. The molecule has 0 aliphatic heterocycles. The predicted molar refractivity (Wildman–Crippen MR) is 135 cm³/mol. The summed E-state index contributed by atoms with van der Waals surface area (Å²) in [4.78, 5) is 12.1. The van der Waals surface area contributed by atoms with Crippen LogP contribution in [0.5, 0.6) is 5.75 Å². The maximum absolute atomic E-state index is 12.1. The van der Waals surface area contributed by atoms with Crippen LogP contribution < -0.4 is 10.5 Å². The fourth-order valence-corrected chi connectivity index (χ4v) is 4.05. The van der Waals surface area contributed by atoms with E-state index in [1.807, 2.05) is 43.3 Å². The summed E-state index contributed by atoms with van der Waals surface area (Å²) in [7, 11) is 0. The molecule has 0 aliphatic carbocycles. The van der Waals surface area contributed by atoms with Gasteiger partial charge in [0.25, 0.3) is 0 Å². The van der Waals surface area contributed by atoms with Crippen molar-refractivity contribution in [2.75, 3.05) is 6.61 Å². The average molecular weight is 458 g/mol. The molecule has 176 valence electrons. The molecule has 4 aromatic rings. The van der Waals surface area contributed by atoms with E-state index in [-0.39, 0.29) is 12.4 Å². The number of hydrogen-bond acceptors (Lipinski definition) is 5. The molecule has 0 amide bonds. The first kappa shape index (κ1) is 23.6. The fraction of sp³-hybridized carbons (Fsp3) is 0.276. The Kier molecular flexibility index (Phi) is 7.33. The molecule has 0 unspecified atom stereocenters. The molecule has 0 bridgehead atoms. The molecule has 5 nitrogen and oxygen atoms in total. The summed E-state index contributed by atoms with van der Waals surface area (Å²) in [6.45, 7) is 7.29. The number of nitrogens with two attached hydrogens (primary N) is 1. The second kappa shape index (κ2) is 10.6. The minimum absolute atomic E-state index is 0.180. The summed E-state index contributed by atoms with van der Waals surface area (Å²) in [5.41, 5.74) is 12.8. The summed E-state index contributed by atoms with van der Waals surface area (Å²) < 4.78 is 17.2. The van der Waals surface area contributed by atoms with E-state index in [2.05, 4.69) is 38.1 Å². The lowest BCUT2D eigenvalue weighted by Crippen LogP contribution is -2.09. The maximum atomic E-state index is 12.1. The molecule has 0 saturated carbocycles. The summed E-state index contributed by atoms with van der Waals surface area (Å²) >= 11 is 0. The Hall–Kier alpha value is -3.57. The Bertz CT molecular complexity index is 1290. The Morgan fingerprint density at radius 2 is 1.88 bits per heavy atom. The average Bonchev–Trinajstić information content (AvgIpc) is 3.31. The highest BCUT2D eigenvalue weighted by Gasteiger charge is 2.14. The molecule has 1 aromatic heterocycles. The number of benzene rings is 3. The van der Waals surface area contributed by atoms with E-state index in [0.717, 1.165) is 44.3 Å². The number of carbonyl (C=O) groups is 1. The summed E-state index contributed by atoms with van der Waals surface area (Å²) in [5.74, 6) is 0.799. The number of fused-ring (bicyclic) bond motifs is 1. The smallest absolute Gasteiger partial charge is 0.310 e. The van der Waals surface area contributed by atoms with Gasteiger partial charge in [-0.3, -0.25) is 4.79 Å². The highest BCUT2D eigenvalue weighted by Crippen LogP contribution is 2.33. The maximum Gasteiger partial charge on any atom is 0.310 e. The molecule has 0 fully saturated rings.